The largest absolute Gasteiger partial charge is 0.307 e. The first-order valence-electron chi connectivity index (χ1n) is 6.78. The molecule has 0 amide bonds. The van der Waals surface area contributed by atoms with Crippen LogP contribution in [-0.4, -0.2) is 6.04 Å². The first kappa shape index (κ1) is 14.6. The van der Waals surface area contributed by atoms with Crippen LogP contribution in [0.25, 0.3) is 0 Å². The molecule has 1 aromatic rings. The fourth-order valence-electron chi connectivity index (χ4n) is 2.90. The summed E-state index contributed by atoms with van der Waals surface area (Å²) in [7, 11) is 0. The maximum atomic E-state index is 6.20. The highest BCUT2D eigenvalue weighted by Gasteiger charge is 2.22. The van der Waals surface area contributed by atoms with Gasteiger partial charge in [0.2, 0.25) is 0 Å². The monoisotopic (exact) mass is 305 g/mol. The zero-order valence-electron chi connectivity index (χ0n) is 11.0. The minimum atomic E-state index is 0.276. The van der Waals surface area contributed by atoms with Gasteiger partial charge in [0.1, 0.15) is 0 Å². The van der Waals surface area contributed by atoms with Gasteiger partial charge in [-0.2, -0.15) is 0 Å². The molecular formula is C14H21Cl2NS. The SMILES string of the molecule is CC(NC(C)C1CCCCC1)c1cc(Cl)sc1Cl. The Kier molecular flexibility index (Phi) is 5.37. The molecule has 1 saturated carbocycles. The molecule has 102 valence electrons. The summed E-state index contributed by atoms with van der Waals surface area (Å²) in [6.07, 6.45) is 6.90. The number of thiophene rings is 1. The van der Waals surface area contributed by atoms with Gasteiger partial charge in [-0.05, 0) is 44.2 Å². The van der Waals surface area contributed by atoms with E-state index in [2.05, 4.69) is 19.2 Å². The van der Waals surface area contributed by atoms with Crippen LogP contribution in [0.1, 0.15) is 57.6 Å². The average Bonchev–Trinajstić information content (AvgIpc) is 2.69. The summed E-state index contributed by atoms with van der Waals surface area (Å²) in [5.74, 6) is 0.814. The van der Waals surface area contributed by atoms with Crippen molar-refractivity contribution in [1.29, 1.82) is 0 Å². The molecule has 2 unspecified atom stereocenters. The van der Waals surface area contributed by atoms with Crippen molar-refractivity contribution in [3.63, 3.8) is 0 Å². The van der Waals surface area contributed by atoms with Gasteiger partial charge in [0.25, 0.3) is 0 Å². The Bertz CT molecular complexity index is 385. The van der Waals surface area contributed by atoms with Crippen LogP contribution < -0.4 is 5.32 Å². The Balaban J connectivity index is 1.93. The molecular weight excluding hydrogens is 285 g/mol. The quantitative estimate of drug-likeness (QED) is 0.755. The second kappa shape index (κ2) is 6.60. The first-order chi connectivity index (χ1) is 8.58. The Morgan fingerprint density at radius 3 is 2.44 bits per heavy atom. The van der Waals surface area contributed by atoms with Crippen LogP contribution in [-0.2, 0) is 0 Å². The molecule has 1 aromatic heterocycles. The summed E-state index contributed by atoms with van der Waals surface area (Å²) in [5, 5.41) is 3.68. The van der Waals surface area contributed by atoms with E-state index >= 15 is 0 Å². The summed E-state index contributed by atoms with van der Waals surface area (Å²) in [5.41, 5.74) is 1.13. The third-order valence-corrected chi connectivity index (χ3v) is 5.54. The van der Waals surface area contributed by atoms with Crippen molar-refractivity contribution in [2.75, 3.05) is 0 Å². The normalized spacial score (nSPS) is 20.9. The molecule has 0 aromatic carbocycles. The van der Waals surface area contributed by atoms with E-state index in [9.17, 15) is 0 Å². The third-order valence-electron chi connectivity index (χ3n) is 4.02. The second-order valence-corrected chi connectivity index (χ2v) is 7.64. The first-order valence-corrected chi connectivity index (χ1v) is 8.36. The number of hydrogen-bond donors (Lipinski definition) is 1. The van der Waals surface area contributed by atoms with Crippen LogP contribution in [0.2, 0.25) is 8.67 Å². The van der Waals surface area contributed by atoms with Crippen LogP contribution >= 0.6 is 34.5 Å². The summed E-state index contributed by atoms with van der Waals surface area (Å²) in [6, 6.07) is 2.81. The highest BCUT2D eigenvalue weighted by Crippen LogP contribution is 2.35. The maximum absolute atomic E-state index is 6.20. The predicted molar refractivity (Wildman–Crippen MR) is 81.9 cm³/mol. The Hall–Kier alpha value is 0.240. The summed E-state index contributed by atoms with van der Waals surface area (Å²) in [6.45, 7) is 4.47. The zero-order chi connectivity index (χ0) is 13.1. The van der Waals surface area contributed by atoms with E-state index in [0.717, 1.165) is 20.2 Å². The highest BCUT2D eigenvalue weighted by molar-refractivity contribution is 7.20. The second-order valence-electron chi connectivity index (χ2n) is 5.35. The zero-order valence-corrected chi connectivity index (χ0v) is 13.3. The van der Waals surface area contributed by atoms with Gasteiger partial charge in [-0.15, -0.1) is 11.3 Å². The maximum Gasteiger partial charge on any atom is 0.0991 e. The lowest BCUT2D eigenvalue weighted by atomic mass is 9.84. The minimum absolute atomic E-state index is 0.276. The van der Waals surface area contributed by atoms with Crippen molar-refractivity contribution in [1.82, 2.24) is 5.32 Å². The average molecular weight is 306 g/mol. The summed E-state index contributed by atoms with van der Waals surface area (Å²) in [4.78, 5) is 0. The van der Waals surface area contributed by atoms with E-state index in [-0.39, 0.29) is 6.04 Å². The summed E-state index contributed by atoms with van der Waals surface area (Å²) < 4.78 is 1.59. The van der Waals surface area contributed by atoms with E-state index in [1.165, 1.54) is 43.4 Å². The molecule has 2 atom stereocenters. The lowest BCUT2D eigenvalue weighted by Gasteiger charge is -2.30. The number of halogens is 2. The van der Waals surface area contributed by atoms with E-state index in [0.29, 0.717) is 6.04 Å². The molecule has 0 bridgehead atoms. The van der Waals surface area contributed by atoms with Gasteiger partial charge in [0.05, 0.1) is 8.67 Å². The van der Waals surface area contributed by atoms with E-state index in [1.54, 1.807) is 0 Å². The van der Waals surface area contributed by atoms with Crippen LogP contribution in [0.3, 0.4) is 0 Å². The van der Waals surface area contributed by atoms with Gasteiger partial charge in [-0.1, -0.05) is 42.5 Å². The van der Waals surface area contributed by atoms with Gasteiger partial charge in [-0.25, -0.2) is 0 Å². The predicted octanol–water partition coefficient (Wildman–Crippen LogP) is 5.67. The van der Waals surface area contributed by atoms with E-state index < -0.39 is 0 Å². The Labute approximate surface area is 124 Å². The smallest absolute Gasteiger partial charge is 0.0991 e. The van der Waals surface area contributed by atoms with E-state index in [1.807, 2.05) is 6.07 Å². The highest BCUT2D eigenvalue weighted by atomic mass is 35.5. The molecule has 4 heteroatoms. The Morgan fingerprint density at radius 1 is 1.22 bits per heavy atom. The van der Waals surface area contributed by atoms with Crippen molar-refractivity contribution in [2.24, 2.45) is 5.92 Å². The van der Waals surface area contributed by atoms with Crippen molar-refractivity contribution in [2.45, 2.75) is 58.0 Å². The molecule has 1 nitrogen and oxygen atoms in total. The molecule has 1 aliphatic rings. The number of nitrogens with one attached hydrogen (secondary N) is 1. The van der Waals surface area contributed by atoms with Crippen LogP contribution in [0.15, 0.2) is 6.07 Å². The molecule has 2 rings (SSSR count). The molecule has 1 heterocycles. The van der Waals surface area contributed by atoms with Gasteiger partial charge >= 0.3 is 0 Å². The molecule has 18 heavy (non-hydrogen) atoms. The molecule has 0 spiro atoms. The van der Waals surface area contributed by atoms with Gasteiger partial charge < -0.3 is 5.32 Å². The molecule has 1 N–H and O–H groups in total. The molecule has 0 saturated heterocycles. The molecule has 0 radical (unpaired) electrons. The fraction of sp³-hybridized carbons (Fsp3) is 0.714. The van der Waals surface area contributed by atoms with Gasteiger partial charge in [0.15, 0.2) is 0 Å². The standard InChI is InChI=1S/C14H21Cl2NS/c1-9(11-6-4-3-5-7-11)17-10(2)12-8-13(15)18-14(12)16/h8-11,17H,3-7H2,1-2H3. The molecule has 1 fully saturated rings. The van der Waals surface area contributed by atoms with Gasteiger partial charge in [0, 0.05) is 12.1 Å². The van der Waals surface area contributed by atoms with Crippen molar-refractivity contribution in [3.8, 4) is 0 Å². The molecule has 0 aliphatic heterocycles. The minimum Gasteiger partial charge on any atom is -0.307 e. The van der Waals surface area contributed by atoms with Crippen molar-refractivity contribution >= 4 is 34.5 Å². The van der Waals surface area contributed by atoms with Gasteiger partial charge in [-0.3, -0.25) is 0 Å². The van der Waals surface area contributed by atoms with Crippen molar-refractivity contribution < 1.29 is 0 Å². The number of rotatable bonds is 4. The molecule has 1 aliphatic carbocycles. The van der Waals surface area contributed by atoms with Crippen LogP contribution in [0, 0.1) is 5.92 Å². The number of hydrogen-bond acceptors (Lipinski definition) is 2. The fourth-order valence-corrected chi connectivity index (χ4v) is 4.55. The Morgan fingerprint density at radius 2 is 1.89 bits per heavy atom. The lowest BCUT2D eigenvalue weighted by molar-refractivity contribution is 0.268. The third kappa shape index (κ3) is 3.63. The lowest BCUT2D eigenvalue weighted by Crippen LogP contribution is -2.36. The van der Waals surface area contributed by atoms with Crippen molar-refractivity contribution in [3.05, 3.63) is 20.3 Å². The van der Waals surface area contributed by atoms with Crippen LogP contribution in [0.5, 0.6) is 0 Å². The van der Waals surface area contributed by atoms with Crippen LogP contribution in [0.4, 0.5) is 0 Å². The van der Waals surface area contributed by atoms with E-state index in [4.69, 9.17) is 23.2 Å². The topological polar surface area (TPSA) is 12.0 Å². The summed E-state index contributed by atoms with van der Waals surface area (Å²) >= 11 is 13.7.